The Hall–Kier alpha value is -3.13. The number of phenols is 1. The van der Waals surface area contributed by atoms with Crippen LogP contribution >= 0.6 is 11.8 Å². The summed E-state index contributed by atoms with van der Waals surface area (Å²) in [6.45, 7) is 3.87. The van der Waals surface area contributed by atoms with E-state index in [0.29, 0.717) is 23.3 Å². The third-order valence-electron chi connectivity index (χ3n) is 4.34. The van der Waals surface area contributed by atoms with E-state index in [2.05, 4.69) is 20.7 Å². The predicted molar refractivity (Wildman–Crippen MR) is 114 cm³/mol. The van der Waals surface area contributed by atoms with Crippen molar-refractivity contribution in [3.8, 4) is 5.75 Å². The fraction of sp³-hybridized carbons (Fsp3) is 0.238. The first kappa shape index (κ1) is 20.6. The average molecular weight is 410 g/mol. The normalized spacial score (nSPS) is 11.5. The molecule has 0 aliphatic rings. The van der Waals surface area contributed by atoms with Gasteiger partial charge in [-0.15, -0.1) is 10.2 Å². The van der Waals surface area contributed by atoms with Gasteiger partial charge >= 0.3 is 0 Å². The van der Waals surface area contributed by atoms with Crippen LogP contribution < -0.4 is 5.43 Å². The molecule has 0 aliphatic carbocycles. The van der Waals surface area contributed by atoms with Crippen molar-refractivity contribution in [1.82, 2.24) is 20.2 Å². The number of carbonyl (C=O) groups excluding carboxylic acids is 1. The van der Waals surface area contributed by atoms with Crippen molar-refractivity contribution in [2.45, 2.75) is 31.2 Å². The van der Waals surface area contributed by atoms with Crippen LogP contribution in [0.1, 0.15) is 40.4 Å². The highest BCUT2D eigenvalue weighted by Gasteiger charge is 2.10. The first-order chi connectivity index (χ1) is 14.0. The third kappa shape index (κ3) is 5.23. The molecule has 0 fully saturated rings. The van der Waals surface area contributed by atoms with E-state index in [1.54, 1.807) is 36.3 Å². The number of aromatic hydroxyl groups is 1. The quantitative estimate of drug-likeness (QED) is 0.353. The van der Waals surface area contributed by atoms with Crippen molar-refractivity contribution in [2.24, 2.45) is 12.1 Å². The van der Waals surface area contributed by atoms with Gasteiger partial charge in [-0.1, -0.05) is 42.4 Å². The Morgan fingerprint density at radius 1 is 1.24 bits per heavy atom. The number of hydrazone groups is 1. The molecule has 0 aliphatic heterocycles. The maximum Gasteiger partial charge on any atom is 0.271 e. The van der Waals surface area contributed by atoms with Gasteiger partial charge in [0.2, 0.25) is 0 Å². The maximum atomic E-state index is 12.4. The Labute approximate surface area is 173 Å². The minimum Gasteiger partial charge on any atom is -0.507 e. The zero-order valence-electron chi connectivity index (χ0n) is 16.6. The first-order valence-corrected chi connectivity index (χ1v) is 10.2. The second-order valence-electron chi connectivity index (χ2n) is 6.58. The van der Waals surface area contributed by atoms with Crippen LogP contribution in [0.25, 0.3) is 0 Å². The molecule has 29 heavy (non-hydrogen) atoms. The van der Waals surface area contributed by atoms with Crippen LogP contribution in [0, 0.1) is 6.92 Å². The number of phenolic OH excluding ortho intramolecular Hbond substituents is 1. The lowest BCUT2D eigenvalue weighted by atomic mass is 10.0. The summed E-state index contributed by atoms with van der Waals surface area (Å²) in [4.78, 5) is 12.4. The highest BCUT2D eigenvalue weighted by molar-refractivity contribution is 7.98. The number of carbonyl (C=O) groups is 1. The largest absolute Gasteiger partial charge is 0.507 e. The topological polar surface area (TPSA) is 92.4 Å². The number of amides is 1. The summed E-state index contributed by atoms with van der Waals surface area (Å²) in [5.41, 5.74) is 6.45. The first-order valence-electron chi connectivity index (χ1n) is 9.20. The van der Waals surface area contributed by atoms with E-state index in [1.165, 1.54) is 0 Å². The molecule has 3 rings (SSSR count). The van der Waals surface area contributed by atoms with Crippen LogP contribution in [-0.4, -0.2) is 31.5 Å². The number of rotatable bonds is 7. The molecule has 0 saturated carbocycles. The van der Waals surface area contributed by atoms with Crippen LogP contribution in [-0.2, 0) is 12.8 Å². The van der Waals surface area contributed by atoms with E-state index in [9.17, 15) is 9.90 Å². The van der Waals surface area contributed by atoms with Crippen LogP contribution in [0.5, 0.6) is 5.75 Å². The Balaban J connectivity index is 1.64. The minimum absolute atomic E-state index is 0.148. The van der Waals surface area contributed by atoms with E-state index in [-0.39, 0.29) is 11.7 Å². The molecule has 1 amide bonds. The lowest BCUT2D eigenvalue weighted by molar-refractivity contribution is 0.0954. The number of aryl methyl sites for hydroxylation is 2. The van der Waals surface area contributed by atoms with Gasteiger partial charge in [0, 0.05) is 23.9 Å². The second-order valence-corrected chi connectivity index (χ2v) is 7.53. The molecule has 1 heterocycles. The minimum atomic E-state index is -0.296. The van der Waals surface area contributed by atoms with E-state index in [1.807, 2.05) is 49.7 Å². The van der Waals surface area contributed by atoms with Gasteiger partial charge in [0.1, 0.15) is 12.1 Å². The monoisotopic (exact) mass is 409 g/mol. The van der Waals surface area contributed by atoms with E-state index < -0.39 is 0 Å². The third-order valence-corrected chi connectivity index (χ3v) is 5.45. The smallest absolute Gasteiger partial charge is 0.271 e. The maximum absolute atomic E-state index is 12.4. The number of hydrogen-bond donors (Lipinski definition) is 2. The van der Waals surface area contributed by atoms with Gasteiger partial charge in [0.25, 0.3) is 5.91 Å². The molecular weight excluding hydrogens is 386 g/mol. The summed E-state index contributed by atoms with van der Waals surface area (Å²) in [7, 11) is 1.90. The van der Waals surface area contributed by atoms with Crippen molar-refractivity contribution < 1.29 is 9.90 Å². The molecule has 0 radical (unpaired) electrons. The molecule has 2 N–H and O–H groups in total. The molecule has 8 heteroatoms. The Morgan fingerprint density at radius 2 is 2.00 bits per heavy atom. The molecule has 1 aromatic heterocycles. The second kappa shape index (κ2) is 9.38. The fourth-order valence-corrected chi connectivity index (χ4v) is 3.54. The predicted octanol–water partition coefficient (Wildman–Crippen LogP) is 3.67. The lowest BCUT2D eigenvalue weighted by Gasteiger charge is -2.09. The van der Waals surface area contributed by atoms with E-state index >= 15 is 0 Å². The van der Waals surface area contributed by atoms with Crippen molar-refractivity contribution >= 4 is 23.4 Å². The molecule has 0 atom stereocenters. The van der Waals surface area contributed by atoms with Crippen molar-refractivity contribution in [2.75, 3.05) is 0 Å². The molecule has 2 aromatic carbocycles. The molecular formula is C21H23N5O2S. The number of aromatic nitrogens is 3. The SMILES string of the molecule is CC/C(=N\NC(=O)c1ccc(CSc2nncn2C)cc1)c1cc(C)ccc1O. The average Bonchev–Trinajstić information content (AvgIpc) is 3.14. The van der Waals surface area contributed by atoms with Gasteiger partial charge in [0.15, 0.2) is 5.16 Å². The molecule has 3 aromatic rings. The van der Waals surface area contributed by atoms with Crippen molar-refractivity contribution in [3.63, 3.8) is 0 Å². The molecule has 0 bridgehead atoms. The summed E-state index contributed by atoms with van der Waals surface area (Å²) < 4.78 is 1.86. The molecule has 7 nitrogen and oxygen atoms in total. The Bertz CT molecular complexity index is 1030. The summed E-state index contributed by atoms with van der Waals surface area (Å²) in [6.07, 6.45) is 2.24. The number of nitrogens with one attached hydrogen (secondary N) is 1. The van der Waals surface area contributed by atoms with Crippen LogP contribution in [0.3, 0.4) is 0 Å². The lowest BCUT2D eigenvalue weighted by Crippen LogP contribution is -2.20. The standard InChI is InChI=1S/C21H23N5O2S/c1-4-18(17-11-14(2)5-10-19(17)27)23-24-20(28)16-8-6-15(7-9-16)12-29-21-25-22-13-26(21)3/h5-11,13,27H,4,12H2,1-3H3,(H,24,28)/b23-18+. The molecule has 0 saturated heterocycles. The molecule has 0 spiro atoms. The molecule has 150 valence electrons. The zero-order valence-corrected chi connectivity index (χ0v) is 17.4. The van der Waals surface area contributed by atoms with E-state index in [0.717, 1.165) is 22.0 Å². The van der Waals surface area contributed by atoms with Gasteiger partial charge in [-0.05, 0) is 43.2 Å². The van der Waals surface area contributed by atoms with Gasteiger partial charge < -0.3 is 9.67 Å². The van der Waals surface area contributed by atoms with Gasteiger partial charge in [-0.2, -0.15) is 5.10 Å². The van der Waals surface area contributed by atoms with E-state index in [4.69, 9.17) is 0 Å². The van der Waals surface area contributed by atoms with Gasteiger partial charge in [-0.3, -0.25) is 4.79 Å². The fourth-order valence-electron chi connectivity index (χ4n) is 2.70. The highest BCUT2D eigenvalue weighted by Crippen LogP contribution is 2.21. The van der Waals surface area contributed by atoms with Gasteiger partial charge in [0.05, 0.1) is 5.71 Å². The summed E-state index contributed by atoms with van der Waals surface area (Å²) in [6, 6.07) is 12.7. The van der Waals surface area contributed by atoms with Gasteiger partial charge in [-0.25, -0.2) is 5.43 Å². The van der Waals surface area contributed by atoms with Crippen molar-refractivity contribution in [1.29, 1.82) is 0 Å². The summed E-state index contributed by atoms with van der Waals surface area (Å²) in [5, 5.41) is 23.0. The van der Waals surface area contributed by atoms with Crippen LogP contribution in [0.15, 0.2) is 59.0 Å². The van der Waals surface area contributed by atoms with Crippen LogP contribution in [0.2, 0.25) is 0 Å². The van der Waals surface area contributed by atoms with Crippen LogP contribution in [0.4, 0.5) is 0 Å². The Morgan fingerprint density at radius 3 is 2.66 bits per heavy atom. The number of thioether (sulfide) groups is 1. The number of nitrogens with zero attached hydrogens (tertiary/aromatic N) is 4. The van der Waals surface area contributed by atoms with Crippen molar-refractivity contribution in [3.05, 3.63) is 71.0 Å². The Kier molecular flexibility index (Phi) is 6.66. The highest BCUT2D eigenvalue weighted by atomic mass is 32.2. The molecule has 0 unspecified atom stereocenters. The zero-order chi connectivity index (χ0) is 20.8. The number of hydrogen-bond acceptors (Lipinski definition) is 6. The summed E-state index contributed by atoms with van der Waals surface area (Å²) in [5.74, 6) is 0.588. The summed E-state index contributed by atoms with van der Waals surface area (Å²) >= 11 is 1.58. The number of benzene rings is 2.